The van der Waals surface area contributed by atoms with Gasteiger partial charge in [0, 0.05) is 12.1 Å². The highest BCUT2D eigenvalue weighted by Crippen LogP contribution is 2.34. The molecule has 0 unspecified atom stereocenters. The molecule has 2 aliphatic rings. The first kappa shape index (κ1) is 21.1. The van der Waals surface area contributed by atoms with E-state index in [2.05, 4.69) is 56.9 Å². The van der Waals surface area contributed by atoms with Crippen LogP contribution in [0.5, 0.6) is 0 Å². The molecule has 0 aromatic rings. The third-order valence-electron chi connectivity index (χ3n) is 5.05. The molecular weight excluding hydrogens is 334 g/mol. The van der Waals surface area contributed by atoms with Crippen molar-refractivity contribution in [3.8, 4) is 11.8 Å². The monoisotopic (exact) mass is 367 g/mol. The van der Waals surface area contributed by atoms with Gasteiger partial charge in [-0.2, -0.15) is 0 Å². The second-order valence-corrected chi connectivity index (χ2v) is 8.17. The van der Waals surface area contributed by atoms with Crippen molar-refractivity contribution in [3.05, 3.63) is 47.1 Å². The highest BCUT2D eigenvalue weighted by Gasteiger charge is 2.40. The SMILES string of the molecule is CCCC1=CC=CC(C#C/C=C2\CCN(C(=O)OCC(C)C)C2(C)C)=CC1. The van der Waals surface area contributed by atoms with Crippen molar-refractivity contribution in [1.82, 2.24) is 4.90 Å². The lowest BCUT2D eigenvalue weighted by atomic mass is 9.95. The highest BCUT2D eigenvalue weighted by atomic mass is 16.6. The largest absolute Gasteiger partial charge is 0.449 e. The molecule has 1 aliphatic heterocycles. The van der Waals surface area contributed by atoms with Crippen LogP contribution in [0.15, 0.2) is 47.1 Å². The number of hydrogen-bond donors (Lipinski definition) is 0. The lowest BCUT2D eigenvalue weighted by Crippen LogP contribution is -2.44. The molecule has 3 nitrogen and oxygen atoms in total. The van der Waals surface area contributed by atoms with Crippen LogP contribution in [0.1, 0.15) is 60.3 Å². The number of ether oxygens (including phenoxy) is 1. The first-order valence-electron chi connectivity index (χ1n) is 10.1. The molecule has 0 spiro atoms. The first-order valence-corrected chi connectivity index (χ1v) is 10.1. The van der Waals surface area contributed by atoms with E-state index in [0.29, 0.717) is 19.1 Å². The van der Waals surface area contributed by atoms with Crippen LogP contribution in [0.4, 0.5) is 4.79 Å². The summed E-state index contributed by atoms with van der Waals surface area (Å²) in [5.74, 6) is 6.80. The second kappa shape index (κ2) is 9.65. The topological polar surface area (TPSA) is 29.5 Å². The lowest BCUT2D eigenvalue weighted by molar-refractivity contribution is 0.0770. The van der Waals surface area contributed by atoms with Crippen molar-refractivity contribution in [2.45, 2.75) is 65.8 Å². The van der Waals surface area contributed by atoms with Gasteiger partial charge in [-0.15, -0.1) is 0 Å². The molecule has 0 atom stereocenters. The minimum atomic E-state index is -0.355. The summed E-state index contributed by atoms with van der Waals surface area (Å²) in [7, 11) is 0. The zero-order valence-electron chi connectivity index (χ0n) is 17.5. The van der Waals surface area contributed by atoms with Crippen molar-refractivity contribution in [3.63, 3.8) is 0 Å². The summed E-state index contributed by atoms with van der Waals surface area (Å²) >= 11 is 0. The number of likely N-dealkylation sites (tertiary alicyclic amines) is 1. The van der Waals surface area contributed by atoms with Gasteiger partial charge in [-0.05, 0) is 56.8 Å². The molecule has 2 rings (SSSR count). The number of allylic oxidation sites excluding steroid dienone is 7. The molecule has 27 heavy (non-hydrogen) atoms. The van der Waals surface area contributed by atoms with Crippen molar-refractivity contribution in [2.75, 3.05) is 13.2 Å². The Bertz CT molecular complexity index is 723. The molecular formula is C24H33NO2. The highest BCUT2D eigenvalue weighted by molar-refractivity contribution is 5.70. The van der Waals surface area contributed by atoms with E-state index >= 15 is 0 Å². The van der Waals surface area contributed by atoms with Crippen molar-refractivity contribution in [1.29, 1.82) is 0 Å². The van der Waals surface area contributed by atoms with Gasteiger partial charge in [-0.25, -0.2) is 4.79 Å². The normalized spacial score (nSPS) is 20.1. The van der Waals surface area contributed by atoms with Gasteiger partial charge < -0.3 is 4.74 Å². The quantitative estimate of drug-likeness (QED) is 0.587. The smallest absolute Gasteiger partial charge is 0.410 e. The van der Waals surface area contributed by atoms with Gasteiger partial charge >= 0.3 is 6.09 Å². The maximum absolute atomic E-state index is 12.4. The number of rotatable bonds is 4. The van der Waals surface area contributed by atoms with Crippen LogP contribution >= 0.6 is 0 Å². The third kappa shape index (κ3) is 5.89. The minimum Gasteiger partial charge on any atom is -0.449 e. The van der Waals surface area contributed by atoms with Gasteiger partial charge in [0.2, 0.25) is 0 Å². The van der Waals surface area contributed by atoms with E-state index < -0.39 is 0 Å². The summed E-state index contributed by atoms with van der Waals surface area (Å²) in [6.45, 7) is 11.6. The summed E-state index contributed by atoms with van der Waals surface area (Å²) in [5.41, 5.74) is 3.33. The van der Waals surface area contributed by atoms with Crippen LogP contribution in [-0.4, -0.2) is 29.7 Å². The van der Waals surface area contributed by atoms with Crippen molar-refractivity contribution < 1.29 is 9.53 Å². The molecule has 1 saturated heterocycles. The van der Waals surface area contributed by atoms with Gasteiger partial charge in [0.05, 0.1) is 12.1 Å². The van der Waals surface area contributed by atoms with E-state index in [4.69, 9.17) is 4.74 Å². The summed E-state index contributed by atoms with van der Waals surface area (Å²) in [6.07, 6.45) is 14.5. The molecule has 1 fully saturated rings. The van der Waals surface area contributed by atoms with Gasteiger partial charge in [0.15, 0.2) is 0 Å². The predicted molar refractivity (Wildman–Crippen MR) is 112 cm³/mol. The van der Waals surface area contributed by atoms with Crippen molar-refractivity contribution in [2.24, 2.45) is 5.92 Å². The molecule has 0 radical (unpaired) electrons. The van der Waals surface area contributed by atoms with Crippen LogP contribution in [0.3, 0.4) is 0 Å². The predicted octanol–water partition coefficient (Wildman–Crippen LogP) is 5.81. The van der Waals surface area contributed by atoms with Crippen LogP contribution in [-0.2, 0) is 4.74 Å². The number of hydrogen-bond acceptors (Lipinski definition) is 2. The summed E-state index contributed by atoms with van der Waals surface area (Å²) in [5, 5.41) is 0. The Balaban J connectivity index is 2.02. The molecule has 1 aliphatic carbocycles. The average Bonchev–Trinajstić information content (AvgIpc) is 2.77. The number of nitrogens with zero attached hydrogens (tertiary/aromatic N) is 1. The van der Waals surface area contributed by atoms with Gasteiger partial charge in [-0.3, -0.25) is 4.90 Å². The Kier molecular flexibility index (Phi) is 7.54. The van der Waals surface area contributed by atoms with Crippen molar-refractivity contribution >= 4 is 6.09 Å². The molecule has 0 bridgehead atoms. The minimum absolute atomic E-state index is 0.228. The molecule has 0 aromatic carbocycles. The van der Waals surface area contributed by atoms with E-state index in [9.17, 15) is 4.79 Å². The molecule has 1 heterocycles. The maximum Gasteiger partial charge on any atom is 0.410 e. The zero-order chi connectivity index (χ0) is 19.9. The first-order chi connectivity index (χ1) is 12.8. The van der Waals surface area contributed by atoms with E-state index in [1.807, 2.05) is 24.8 Å². The van der Waals surface area contributed by atoms with Crippen LogP contribution in [0.2, 0.25) is 0 Å². The Morgan fingerprint density at radius 1 is 1.41 bits per heavy atom. The molecule has 1 amide bonds. The zero-order valence-corrected chi connectivity index (χ0v) is 17.5. The van der Waals surface area contributed by atoms with E-state index in [-0.39, 0.29) is 11.6 Å². The summed E-state index contributed by atoms with van der Waals surface area (Å²) in [6, 6.07) is 0. The van der Waals surface area contributed by atoms with E-state index in [1.54, 1.807) is 0 Å². The van der Waals surface area contributed by atoms with Gasteiger partial charge in [-0.1, -0.05) is 62.8 Å². The molecule has 0 N–H and O–H groups in total. The van der Waals surface area contributed by atoms with Crippen LogP contribution in [0, 0.1) is 17.8 Å². The van der Waals surface area contributed by atoms with Crippen LogP contribution in [0.25, 0.3) is 0 Å². The standard InChI is InChI=1S/C24H33NO2/c1-6-9-20-10-7-11-21(15-14-20)12-8-13-22-16-17-25(24(22,4)5)23(26)27-18-19(2)3/h7,10-11,13,15,19H,6,9,14,16-18H2,1-5H3/b22-13+. The number of carbonyl (C=O) groups excluding carboxylic acids is 1. The molecule has 0 saturated carbocycles. The van der Waals surface area contributed by atoms with Crippen LogP contribution < -0.4 is 0 Å². The molecule has 0 aromatic heterocycles. The average molecular weight is 368 g/mol. The lowest BCUT2D eigenvalue weighted by Gasteiger charge is -2.31. The Morgan fingerprint density at radius 3 is 2.89 bits per heavy atom. The second-order valence-electron chi connectivity index (χ2n) is 8.17. The third-order valence-corrected chi connectivity index (χ3v) is 5.05. The number of amides is 1. The Hall–Kier alpha value is -2.21. The fraction of sp³-hybridized carbons (Fsp3) is 0.542. The fourth-order valence-electron chi connectivity index (χ4n) is 3.35. The molecule has 146 valence electrons. The van der Waals surface area contributed by atoms with E-state index in [1.165, 1.54) is 17.6 Å². The van der Waals surface area contributed by atoms with E-state index in [0.717, 1.165) is 24.8 Å². The van der Waals surface area contributed by atoms with Gasteiger partial charge in [0.25, 0.3) is 0 Å². The fourth-order valence-corrected chi connectivity index (χ4v) is 3.35. The van der Waals surface area contributed by atoms with Gasteiger partial charge in [0.1, 0.15) is 0 Å². The number of carbonyl (C=O) groups is 1. The maximum atomic E-state index is 12.4. The molecule has 3 heteroatoms. The summed E-state index contributed by atoms with van der Waals surface area (Å²) < 4.78 is 5.41. The Labute approximate surface area is 164 Å². The Morgan fingerprint density at radius 2 is 2.19 bits per heavy atom. The summed E-state index contributed by atoms with van der Waals surface area (Å²) in [4.78, 5) is 14.2.